The molecule has 6 nitrogen and oxygen atoms in total. The van der Waals surface area contributed by atoms with Crippen molar-refractivity contribution in [2.75, 3.05) is 13.7 Å². The summed E-state index contributed by atoms with van der Waals surface area (Å²) in [6, 6.07) is 6.12. The molecule has 1 unspecified atom stereocenters. The third kappa shape index (κ3) is 4.89. The van der Waals surface area contributed by atoms with Crippen LogP contribution in [0, 0.1) is 10.1 Å². The van der Waals surface area contributed by atoms with Gasteiger partial charge in [-0.3, -0.25) is 14.9 Å². The number of nitro groups is 1. The lowest BCUT2D eigenvalue weighted by molar-refractivity contribution is -0.385. The highest BCUT2D eigenvalue weighted by atomic mass is 16.6. The predicted octanol–water partition coefficient (Wildman–Crippen LogP) is 1.76. The van der Waals surface area contributed by atoms with E-state index in [2.05, 4.69) is 5.32 Å². The van der Waals surface area contributed by atoms with Crippen LogP contribution in [0.1, 0.15) is 12.5 Å². The maximum absolute atomic E-state index is 11.6. The minimum Gasteiger partial charge on any atom is -0.383 e. The Balaban J connectivity index is 2.71. The van der Waals surface area contributed by atoms with Crippen LogP contribution in [0.5, 0.6) is 0 Å². The zero-order chi connectivity index (χ0) is 14.3. The van der Waals surface area contributed by atoms with Crippen LogP contribution >= 0.6 is 0 Å². The molecule has 1 N–H and O–H groups in total. The van der Waals surface area contributed by atoms with Gasteiger partial charge in [-0.15, -0.1) is 0 Å². The van der Waals surface area contributed by atoms with Crippen molar-refractivity contribution < 1.29 is 14.5 Å². The molecule has 0 aliphatic rings. The van der Waals surface area contributed by atoms with Crippen molar-refractivity contribution >= 4 is 17.7 Å². The first-order chi connectivity index (χ1) is 9.04. The number of nitrogens with zero attached hydrogens (tertiary/aromatic N) is 1. The highest BCUT2D eigenvalue weighted by Crippen LogP contribution is 2.18. The number of hydrogen-bond acceptors (Lipinski definition) is 4. The van der Waals surface area contributed by atoms with E-state index in [1.807, 2.05) is 0 Å². The Labute approximate surface area is 111 Å². The van der Waals surface area contributed by atoms with Crippen molar-refractivity contribution in [2.45, 2.75) is 13.0 Å². The van der Waals surface area contributed by atoms with Crippen LogP contribution < -0.4 is 5.32 Å². The molecule has 0 aliphatic carbocycles. The molecular weight excluding hydrogens is 248 g/mol. The molecule has 19 heavy (non-hydrogen) atoms. The number of rotatable bonds is 6. The Morgan fingerprint density at radius 3 is 2.84 bits per heavy atom. The van der Waals surface area contributed by atoms with Crippen LogP contribution in [0.25, 0.3) is 6.08 Å². The lowest BCUT2D eigenvalue weighted by Crippen LogP contribution is -2.34. The molecule has 1 amide bonds. The molecule has 0 saturated heterocycles. The van der Waals surface area contributed by atoms with E-state index in [9.17, 15) is 14.9 Å². The van der Waals surface area contributed by atoms with Gasteiger partial charge in [0.1, 0.15) is 0 Å². The monoisotopic (exact) mass is 264 g/mol. The first-order valence-electron chi connectivity index (χ1n) is 5.75. The first kappa shape index (κ1) is 14.8. The molecule has 1 rings (SSSR count). The van der Waals surface area contributed by atoms with Gasteiger partial charge >= 0.3 is 0 Å². The van der Waals surface area contributed by atoms with Gasteiger partial charge in [-0.1, -0.05) is 12.1 Å². The van der Waals surface area contributed by atoms with Crippen molar-refractivity contribution in [1.29, 1.82) is 0 Å². The Morgan fingerprint density at radius 2 is 2.21 bits per heavy atom. The fourth-order valence-corrected chi connectivity index (χ4v) is 1.54. The molecule has 0 bridgehead atoms. The highest BCUT2D eigenvalue weighted by molar-refractivity contribution is 5.92. The highest BCUT2D eigenvalue weighted by Gasteiger charge is 2.10. The predicted molar refractivity (Wildman–Crippen MR) is 71.6 cm³/mol. The first-order valence-corrected chi connectivity index (χ1v) is 5.75. The summed E-state index contributed by atoms with van der Waals surface area (Å²) in [5.41, 5.74) is 0.360. The quantitative estimate of drug-likeness (QED) is 0.482. The number of hydrogen-bond donors (Lipinski definition) is 1. The molecule has 0 radical (unpaired) electrons. The molecule has 0 spiro atoms. The summed E-state index contributed by atoms with van der Waals surface area (Å²) < 4.78 is 4.89. The average molecular weight is 264 g/mol. The average Bonchev–Trinajstić information content (AvgIpc) is 2.36. The molecule has 0 saturated carbocycles. The van der Waals surface area contributed by atoms with Gasteiger partial charge in [0.25, 0.3) is 5.69 Å². The van der Waals surface area contributed by atoms with Gasteiger partial charge < -0.3 is 10.1 Å². The summed E-state index contributed by atoms with van der Waals surface area (Å²) in [7, 11) is 1.55. The number of carbonyl (C=O) groups excluding carboxylic acids is 1. The number of amides is 1. The summed E-state index contributed by atoms with van der Waals surface area (Å²) in [5.74, 6) is -0.317. The lowest BCUT2D eigenvalue weighted by atomic mass is 10.1. The number of nitro benzene ring substituents is 1. The van der Waals surface area contributed by atoms with Gasteiger partial charge in [-0.2, -0.15) is 0 Å². The number of nitrogens with one attached hydrogen (secondary N) is 1. The minimum absolute atomic E-state index is 0.0310. The van der Waals surface area contributed by atoms with E-state index in [-0.39, 0.29) is 17.6 Å². The Morgan fingerprint density at radius 1 is 1.53 bits per heavy atom. The maximum atomic E-state index is 11.6. The molecule has 1 aromatic carbocycles. The van der Waals surface area contributed by atoms with E-state index in [4.69, 9.17) is 4.74 Å². The summed E-state index contributed by atoms with van der Waals surface area (Å²) >= 11 is 0. The summed E-state index contributed by atoms with van der Waals surface area (Å²) in [6.07, 6.45) is 2.70. The van der Waals surface area contributed by atoms with Crippen LogP contribution in [-0.4, -0.2) is 30.6 Å². The van der Waals surface area contributed by atoms with E-state index in [1.54, 1.807) is 32.2 Å². The van der Waals surface area contributed by atoms with Gasteiger partial charge in [-0.25, -0.2) is 0 Å². The standard InChI is InChI=1S/C13H16N2O4/c1-10(9-19-2)14-13(16)8-7-11-5-3-4-6-12(11)15(17)18/h3-8,10H,9H2,1-2H3,(H,14,16)/b8-7+. The van der Waals surface area contributed by atoms with E-state index in [1.165, 1.54) is 18.2 Å². The SMILES string of the molecule is COCC(C)NC(=O)/C=C/c1ccccc1[N+](=O)[O-]. The molecular formula is C13H16N2O4. The van der Waals surface area contributed by atoms with Gasteiger partial charge in [0.2, 0.25) is 5.91 Å². The van der Waals surface area contributed by atoms with Crippen LogP contribution in [0.15, 0.2) is 30.3 Å². The smallest absolute Gasteiger partial charge is 0.276 e. The van der Waals surface area contributed by atoms with E-state index >= 15 is 0 Å². The second-order valence-corrected chi connectivity index (χ2v) is 4.01. The Hall–Kier alpha value is -2.21. The van der Waals surface area contributed by atoms with Gasteiger partial charge in [0, 0.05) is 25.3 Å². The summed E-state index contributed by atoms with van der Waals surface area (Å²) in [4.78, 5) is 21.9. The van der Waals surface area contributed by atoms with Gasteiger partial charge in [0.05, 0.1) is 17.1 Å². The second kappa shape index (κ2) is 7.27. The number of ether oxygens (including phenoxy) is 1. The topological polar surface area (TPSA) is 81.5 Å². The molecule has 0 fully saturated rings. The van der Waals surface area contributed by atoms with Crippen LogP contribution in [0.3, 0.4) is 0 Å². The van der Waals surface area contributed by atoms with Crippen molar-refractivity contribution in [3.8, 4) is 0 Å². The number of benzene rings is 1. The van der Waals surface area contributed by atoms with Crippen LogP contribution in [-0.2, 0) is 9.53 Å². The largest absolute Gasteiger partial charge is 0.383 e. The third-order valence-electron chi connectivity index (χ3n) is 2.35. The van der Waals surface area contributed by atoms with E-state index in [0.29, 0.717) is 12.2 Å². The molecule has 1 aromatic rings. The number of methoxy groups -OCH3 is 1. The number of carbonyl (C=O) groups is 1. The van der Waals surface area contributed by atoms with E-state index in [0.717, 1.165) is 0 Å². The molecule has 0 heterocycles. The molecule has 102 valence electrons. The maximum Gasteiger partial charge on any atom is 0.276 e. The van der Waals surface area contributed by atoms with Crippen molar-refractivity contribution in [2.24, 2.45) is 0 Å². The van der Waals surface area contributed by atoms with Gasteiger partial charge in [-0.05, 0) is 19.1 Å². The van der Waals surface area contributed by atoms with Crippen LogP contribution in [0.2, 0.25) is 0 Å². The Kier molecular flexibility index (Phi) is 5.69. The minimum atomic E-state index is -0.481. The molecule has 1 atom stereocenters. The zero-order valence-electron chi connectivity index (χ0n) is 10.8. The molecule has 6 heteroatoms. The number of para-hydroxylation sites is 1. The normalized spacial score (nSPS) is 12.3. The van der Waals surface area contributed by atoms with Gasteiger partial charge in [0.15, 0.2) is 0 Å². The fraction of sp³-hybridized carbons (Fsp3) is 0.308. The fourth-order valence-electron chi connectivity index (χ4n) is 1.54. The van der Waals surface area contributed by atoms with Crippen molar-refractivity contribution in [1.82, 2.24) is 5.32 Å². The zero-order valence-corrected chi connectivity index (χ0v) is 10.8. The molecule has 0 aliphatic heterocycles. The van der Waals surface area contributed by atoms with Crippen LogP contribution in [0.4, 0.5) is 5.69 Å². The second-order valence-electron chi connectivity index (χ2n) is 4.01. The summed E-state index contributed by atoms with van der Waals surface area (Å²) in [6.45, 7) is 2.21. The van der Waals surface area contributed by atoms with Crippen molar-refractivity contribution in [3.63, 3.8) is 0 Å². The van der Waals surface area contributed by atoms with Crippen molar-refractivity contribution in [3.05, 3.63) is 46.0 Å². The lowest BCUT2D eigenvalue weighted by Gasteiger charge is -2.10. The third-order valence-corrected chi connectivity index (χ3v) is 2.35. The Bertz CT molecular complexity index is 485. The summed E-state index contributed by atoms with van der Waals surface area (Å²) in [5, 5.41) is 13.5. The molecule has 0 aromatic heterocycles. The van der Waals surface area contributed by atoms with E-state index < -0.39 is 4.92 Å².